The lowest BCUT2D eigenvalue weighted by molar-refractivity contribution is 0.102. The largest absolute Gasteiger partial charge is 0.399 e. The molecule has 2 rings (SSSR count). The second kappa shape index (κ2) is 6.16. The number of carbonyl (C=O) groups excluding carboxylic acids is 1. The Morgan fingerprint density at radius 2 is 1.95 bits per heavy atom. The SMILES string of the molecule is Cc1cc(N)cc(Br)c1NC(=O)c1cc(Br)ccc1Cl. The van der Waals surface area contributed by atoms with Gasteiger partial charge in [0.2, 0.25) is 0 Å². The number of carbonyl (C=O) groups is 1. The summed E-state index contributed by atoms with van der Waals surface area (Å²) >= 11 is 12.8. The molecule has 104 valence electrons. The van der Waals surface area contributed by atoms with E-state index in [4.69, 9.17) is 17.3 Å². The normalized spacial score (nSPS) is 10.4. The first kappa shape index (κ1) is 15.4. The lowest BCUT2D eigenvalue weighted by Crippen LogP contribution is -2.14. The maximum atomic E-state index is 12.3. The van der Waals surface area contributed by atoms with Crippen molar-refractivity contribution < 1.29 is 4.79 Å². The van der Waals surface area contributed by atoms with Crippen molar-refractivity contribution in [1.82, 2.24) is 0 Å². The molecule has 2 aromatic rings. The molecular weight excluding hydrogens is 407 g/mol. The van der Waals surface area contributed by atoms with Gasteiger partial charge in [0.15, 0.2) is 0 Å². The molecule has 0 radical (unpaired) electrons. The molecule has 0 heterocycles. The molecule has 0 saturated carbocycles. The Morgan fingerprint density at radius 3 is 2.60 bits per heavy atom. The summed E-state index contributed by atoms with van der Waals surface area (Å²) in [5.41, 5.74) is 8.34. The molecule has 0 fully saturated rings. The fourth-order valence-electron chi connectivity index (χ4n) is 1.78. The van der Waals surface area contributed by atoms with E-state index in [1.165, 1.54) is 0 Å². The van der Waals surface area contributed by atoms with Gasteiger partial charge in [0.1, 0.15) is 0 Å². The standard InChI is InChI=1S/C14H11Br2ClN2O/c1-7-4-9(18)6-11(16)13(7)19-14(20)10-5-8(15)2-3-12(10)17/h2-6H,18H2,1H3,(H,19,20). The number of aryl methyl sites for hydroxylation is 1. The quantitative estimate of drug-likeness (QED) is 0.674. The number of nitrogens with two attached hydrogens (primary N) is 1. The molecule has 0 spiro atoms. The second-order valence-corrected chi connectivity index (χ2v) is 6.45. The van der Waals surface area contributed by atoms with Crippen LogP contribution in [0.2, 0.25) is 5.02 Å². The van der Waals surface area contributed by atoms with E-state index in [0.717, 1.165) is 14.5 Å². The van der Waals surface area contributed by atoms with Crippen LogP contribution in [0.5, 0.6) is 0 Å². The summed E-state index contributed by atoms with van der Waals surface area (Å²) in [7, 11) is 0. The van der Waals surface area contributed by atoms with Crippen molar-refractivity contribution in [3.8, 4) is 0 Å². The number of amides is 1. The van der Waals surface area contributed by atoms with Crippen LogP contribution in [-0.4, -0.2) is 5.91 Å². The predicted octanol–water partition coefficient (Wildman–Crippen LogP) is 5.01. The molecule has 0 aromatic heterocycles. The molecular formula is C14H11Br2ClN2O. The van der Waals surface area contributed by atoms with E-state index >= 15 is 0 Å². The smallest absolute Gasteiger partial charge is 0.257 e. The average molecular weight is 419 g/mol. The van der Waals surface area contributed by atoms with Gasteiger partial charge in [-0.2, -0.15) is 0 Å². The summed E-state index contributed by atoms with van der Waals surface area (Å²) in [6.07, 6.45) is 0. The monoisotopic (exact) mass is 416 g/mol. The Kier molecular flexibility index (Phi) is 4.73. The molecule has 2 aromatic carbocycles. The van der Waals surface area contributed by atoms with Gasteiger partial charge in [-0.15, -0.1) is 0 Å². The third-order valence-corrected chi connectivity index (χ3v) is 4.17. The third kappa shape index (κ3) is 3.34. The lowest BCUT2D eigenvalue weighted by Gasteiger charge is -2.12. The maximum absolute atomic E-state index is 12.3. The molecule has 0 atom stereocenters. The van der Waals surface area contributed by atoms with Crippen LogP contribution in [0.1, 0.15) is 15.9 Å². The van der Waals surface area contributed by atoms with Gasteiger partial charge in [0.05, 0.1) is 16.3 Å². The van der Waals surface area contributed by atoms with Crippen LogP contribution < -0.4 is 11.1 Å². The van der Waals surface area contributed by atoms with E-state index in [0.29, 0.717) is 22.0 Å². The highest BCUT2D eigenvalue weighted by Gasteiger charge is 2.14. The number of benzene rings is 2. The Bertz CT molecular complexity index is 666. The van der Waals surface area contributed by atoms with Crippen LogP contribution >= 0.6 is 43.5 Å². The summed E-state index contributed by atoms with van der Waals surface area (Å²) in [5.74, 6) is -0.273. The Hall–Kier alpha value is -1.04. The molecule has 0 aliphatic carbocycles. The number of nitrogen functional groups attached to an aromatic ring is 1. The number of halogens is 3. The van der Waals surface area contributed by atoms with Gasteiger partial charge in [0.25, 0.3) is 5.91 Å². The first-order valence-corrected chi connectivity index (χ1v) is 7.67. The van der Waals surface area contributed by atoms with Crippen LogP contribution in [-0.2, 0) is 0 Å². The van der Waals surface area contributed by atoms with E-state index in [9.17, 15) is 4.79 Å². The molecule has 6 heteroatoms. The van der Waals surface area contributed by atoms with Gasteiger partial charge in [-0.1, -0.05) is 27.5 Å². The second-order valence-electron chi connectivity index (χ2n) is 4.27. The zero-order chi connectivity index (χ0) is 14.9. The molecule has 0 aliphatic heterocycles. The van der Waals surface area contributed by atoms with Gasteiger partial charge in [-0.25, -0.2) is 0 Å². The van der Waals surface area contributed by atoms with Crippen LogP contribution in [0, 0.1) is 6.92 Å². The van der Waals surface area contributed by atoms with Crippen LogP contribution in [0.4, 0.5) is 11.4 Å². The van der Waals surface area contributed by atoms with Crippen molar-refractivity contribution in [2.24, 2.45) is 0 Å². The number of hydrogen-bond acceptors (Lipinski definition) is 2. The topological polar surface area (TPSA) is 55.1 Å². The van der Waals surface area contributed by atoms with Gasteiger partial charge in [-0.05, 0) is 58.7 Å². The van der Waals surface area contributed by atoms with Gasteiger partial charge >= 0.3 is 0 Å². The summed E-state index contributed by atoms with van der Waals surface area (Å²) in [4.78, 5) is 12.3. The molecule has 3 nitrogen and oxygen atoms in total. The summed E-state index contributed by atoms with van der Waals surface area (Å²) < 4.78 is 1.52. The summed E-state index contributed by atoms with van der Waals surface area (Å²) in [6, 6.07) is 8.67. The lowest BCUT2D eigenvalue weighted by atomic mass is 10.1. The first-order chi connectivity index (χ1) is 9.38. The molecule has 3 N–H and O–H groups in total. The average Bonchev–Trinajstić information content (AvgIpc) is 2.36. The Morgan fingerprint density at radius 1 is 1.25 bits per heavy atom. The van der Waals surface area contributed by atoms with Crippen LogP contribution in [0.25, 0.3) is 0 Å². The highest BCUT2D eigenvalue weighted by Crippen LogP contribution is 2.30. The minimum Gasteiger partial charge on any atom is -0.399 e. The Balaban J connectivity index is 2.35. The number of hydrogen-bond donors (Lipinski definition) is 2. The van der Waals surface area contributed by atoms with Gasteiger partial charge in [-0.3, -0.25) is 4.79 Å². The number of anilines is 2. The number of nitrogens with one attached hydrogen (secondary N) is 1. The zero-order valence-corrected chi connectivity index (χ0v) is 14.4. The van der Waals surface area contributed by atoms with Crippen molar-refractivity contribution in [1.29, 1.82) is 0 Å². The Labute approximate surface area is 138 Å². The van der Waals surface area contributed by atoms with Gasteiger partial charge < -0.3 is 11.1 Å². The number of rotatable bonds is 2. The fraction of sp³-hybridized carbons (Fsp3) is 0.0714. The molecule has 0 unspecified atom stereocenters. The van der Waals surface area contributed by atoms with E-state index in [-0.39, 0.29) is 5.91 Å². The minimum absolute atomic E-state index is 0.273. The summed E-state index contributed by atoms with van der Waals surface area (Å²) in [5, 5.41) is 3.24. The molecule has 20 heavy (non-hydrogen) atoms. The predicted molar refractivity (Wildman–Crippen MR) is 90.4 cm³/mol. The van der Waals surface area contributed by atoms with Crippen molar-refractivity contribution in [3.63, 3.8) is 0 Å². The van der Waals surface area contributed by atoms with Crippen molar-refractivity contribution in [3.05, 3.63) is 55.4 Å². The maximum Gasteiger partial charge on any atom is 0.257 e. The summed E-state index contributed by atoms with van der Waals surface area (Å²) in [6.45, 7) is 1.87. The van der Waals surface area contributed by atoms with E-state index in [1.54, 1.807) is 30.3 Å². The minimum atomic E-state index is -0.273. The van der Waals surface area contributed by atoms with E-state index in [2.05, 4.69) is 37.2 Å². The van der Waals surface area contributed by atoms with E-state index < -0.39 is 0 Å². The first-order valence-electron chi connectivity index (χ1n) is 5.70. The van der Waals surface area contributed by atoms with Gasteiger partial charge in [0, 0.05) is 14.6 Å². The van der Waals surface area contributed by atoms with Crippen molar-refractivity contribution >= 4 is 60.7 Å². The highest BCUT2D eigenvalue weighted by atomic mass is 79.9. The van der Waals surface area contributed by atoms with E-state index in [1.807, 2.05) is 6.92 Å². The third-order valence-electron chi connectivity index (χ3n) is 2.72. The molecule has 0 bridgehead atoms. The van der Waals surface area contributed by atoms with Crippen LogP contribution in [0.15, 0.2) is 39.3 Å². The zero-order valence-electron chi connectivity index (χ0n) is 10.5. The molecule has 0 aliphatic rings. The molecule has 1 amide bonds. The van der Waals surface area contributed by atoms with Crippen LogP contribution in [0.3, 0.4) is 0 Å². The van der Waals surface area contributed by atoms with Crippen molar-refractivity contribution in [2.75, 3.05) is 11.1 Å². The van der Waals surface area contributed by atoms with Crippen molar-refractivity contribution in [2.45, 2.75) is 6.92 Å². The molecule has 0 saturated heterocycles. The fourth-order valence-corrected chi connectivity index (χ4v) is 3.02. The highest BCUT2D eigenvalue weighted by molar-refractivity contribution is 9.10.